The monoisotopic (exact) mass is 417 g/mol. The van der Waals surface area contributed by atoms with Gasteiger partial charge in [-0.3, -0.25) is 14.5 Å². The summed E-state index contributed by atoms with van der Waals surface area (Å²) in [7, 11) is 1.58. The van der Waals surface area contributed by atoms with Gasteiger partial charge < -0.3 is 10.2 Å². The van der Waals surface area contributed by atoms with Crippen LogP contribution in [-0.4, -0.2) is 41.2 Å². The molecule has 0 radical (unpaired) electrons. The smallest absolute Gasteiger partial charge is 0.325 e. The van der Waals surface area contributed by atoms with Crippen molar-refractivity contribution in [3.8, 4) is 0 Å². The van der Waals surface area contributed by atoms with Crippen molar-refractivity contribution in [1.82, 2.24) is 15.1 Å². The molecule has 2 atom stereocenters. The van der Waals surface area contributed by atoms with Gasteiger partial charge in [-0.05, 0) is 49.2 Å². The zero-order valence-electron chi connectivity index (χ0n) is 16.3. The lowest BCUT2D eigenvalue weighted by Crippen LogP contribution is -2.44. The molecule has 0 aliphatic carbocycles. The lowest BCUT2D eigenvalue weighted by molar-refractivity contribution is -0.139. The number of amides is 4. The molecular weight excluding hydrogens is 397 g/mol. The first-order valence-electron chi connectivity index (χ1n) is 9.05. The predicted molar refractivity (Wildman–Crippen MR) is 107 cm³/mol. The standard InChI is InChI=1S/C21H21ClFN3O3/c1-13(14-4-10-17(23)11-5-14)25(3)18(27)12-26-19(28)21(2,24-20(26)29)15-6-8-16(22)9-7-15/h4-11,13H,12H2,1-3H3,(H,24,29). The summed E-state index contributed by atoms with van der Waals surface area (Å²) in [5, 5.41) is 3.17. The molecular formula is C21H21ClFN3O3. The fourth-order valence-electron chi connectivity index (χ4n) is 3.25. The van der Waals surface area contributed by atoms with Crippen LogP contribution in [0, 0.1) is 5.82 Å². The summed E-state index contributed by atoms with van der Waals surface area (Å²) in [6.07, 6.45) is 0. The number of carbonyl (C=O) groups excluding carboxylic acids is 3. The van der Waals surface area contributed by atoms with Gasteiger partial charge in [0.15, 0.2) is 0 Å². The summed E-state index contributed by atoms with van der Waals surface area (Å²) in [5.74, 6) is -1.29. The van der Waals surface area contributed by atoms with E-state index in [2.05, 4.69) is 5.32 Å². The lowest BCUT2D eigenvalue weighted by atomic mass is 9.92. The minimum Gasteiger partial charge on any atom is -0.337 e. The molecule has 0 bridgehead atoms. The van der Waals surface area contributed by atoms with Gasteiger partial charge in [-0.15, -0.1) is 0 Å². The van der Waals surface area contributed by atoms with Crippen LogP contribution in [0.25, 0.3) is 0 Å². The van der Waals surface area contributed by atoms with Crippen molar-refractivity contribution < 1.29 is 18.8 Å². The second-order valence-electron chi connectivity index (χ2n) is 7.19. The first-order valence-corrected chi connectivity index (χ1v) is 9.42. The fourth-order valence-corrected chi connectivity index (χ4v) is 3.37. The minimum atomic E-state index is -1.27. The van der Waals surface area contributed by atoms with Crippen LogP contribution in [0.4, 0.5) is 9.18 Å². The van der Waals surface area contributed by atoms with E-state index in [1.165, 1.54) is 17.0 Å². The highest BCUT2D eigenvalue weighted by atomic mass is 35.5. The van der Waals surface area contributed by atoms with Gasteiger partial charge in [-0.2, -0.15) is 0 Å². The zero-order valence-corrected chi connectivity index (χ0v) is 17.0. The SMILES string of the molecule is CC(c1ccc(F)cc1)N(C)C(=O)CN1C(=O)NC(C)(c2ccc(Cl)cc2)C1=O. The maximum Gasteiger partial charge on any atom is 0.325 e. The number of hydrogen-bond acceptors (Lipinski definition) is 3. The van der Waals surface area contributed by atoms with E-state index in [-0.39, 0.29) is 11.9 Å². The second kappa shape index (κ2) is 7.83. The number of halogens is 2. The summed E-state index contributed by atoms with van der Waals surface area (Å²) in [5.41, 5.74) is 0.0389. The van der Waals surface area contributed by atoms with Crippen molar-refractivity contribution in [1.29, 1.82) is 0 Å². The van der Waals surface area contributed by atoms with Gasteiger partial charge in [0.05, 0.1) is 6.04 Å². The van der Waals surface area contributed by atoms with E-state index in [1.807, 2.05) is 0 Å². The fraction of sp³-hybridized carbons (Fsp3) is 0.286. The van der Waals surface area contributed by atoms with Crippen molar-refractivity contribution >= 4 is 29.4 Å². The third kappa shape index (κ3) is 3.96. The molecule has 1 fully saturated rings. The van der Waals surface area contributed by atoms with Crippen molar-refractivity contribution in [2.45, 2.75) is 25.4 Å². The maximum atomic E-state index is 13.1. The average molecular weight is 418 g/mol. The topological polar surface area (TPSA) is 69.7 Å². The summed E-state index contributed by atoms with van der Waals surface area (Å²) in [6.45, 7) is 2.98. The van der Waals surface area contributed by atoms with Gasteiger partial charge in [0.25, 0.3) is 5.91 Å². The predicted octanol–water partition coefficient (Wildman–Crippen LogP) is 3.47. The third-order valence-electron chi connectivity index (χ3n) is 5.32. The molecule has 1 aliphatic rings. The highest BCUT2D eigenvalue weighted by Gasteiger charge is 2.49. The van der Waals surface area contributed by atoms with Crippen LogP contribution in [0.15, 0.2) is 48.5 Å². The highest BCUT2D eigenvalue weighted by molar-refractivity contribution is 6.30. The largest absolute Gasteiger partial charge is 0.337 e. The molecule has 2 aromatic carbocycles. The summed E-state index contributed by atoms with van der Waals surface area (Å²) in [4.78, 5) is 40.4. The molecule has 0 aromatic heterocycles. The van der Waals surface area contributed by atoms with Crippen LogP contribution in [0.3, 0.4) is 0 Å². The second-order valence-corrected chi connectivity index (χ2v) is 7.62. The summed E-state index contributed by atoms with van der Waals surface area (Å²) < 4.78 is 13.1. The molecule has 152 valence electrons. The Hall–Kier alpha value is -2.93. The Labute approximate surface area is 173 Å². The first-order chi connectivity index (χ1) is 13.6. The Bertz CT molecular complexity index is 949. The Kier molecular flexibility index (Phi) is 5.61. The number of urea groups is 1. The van der Waals surface area contributed by atoms with Gasteiger partial charge in [-0.25, -0.2) is 9.18 Å². The molecule has 2 unspecified atom stereocenters. The molecule has 1 saturated heterocycles. The Morgan fingerprint density at radius 3 is 2.34 bits per heavy atom. The summed E-state index contributed by atoms with van der Waals surface area (Å²) in [6, 6.07) is 11.4. The average Bonchev–Trinajstić information content (AvgIpc) is 2.91. The Morgan fingerprint density at radius 2 is 1.76 bits per heavy atom. The Morgan fingerprint density at radius 1 is 1.17 bits per heavy atom. The van der Waals surface area contributed by atoms with Crippen LogP contribution in [0.2, 0.25) is 5.02 Å². The van der Waals surface area contributed by atoms with E-state index in [4.69, 9.17) is 11.6 Å². The highest BCUT2D eigenvalue weighted by Crippen LogP contribution is 2.30. The molecule has 0 saturated carbocycles. The number of likely N-dealkylation sites (N-methyl/N-ethyl adjacent to an activating group) is 1. The van der Waals surface area contributed by atoms with E-state index < -0.39 is 29.9 Å². The van der Waals surface area contributed by atoms with Crippen molar-refractivity contribution in [2.24, 2.45) is 0 Å². The van der Waals surface area contributed by atoms with Crippen LogP contribution in [0.1, 0.15) is 31.0 Å². The molecule has 1 heterocycles. The first kappa shape index (κ1) is 20.8. The van der Waals surface area contributed by atoms with Gasteiger partial charge in [0.2, 0.25) is 5.91 Å². The van der Waals surface area contributed by atoms with Crippen LogP contribution in [-0.2, 0) is 15.1 Å². The quantitative estimate of drug-likeness (QED) is 0.757. The van der Waals surface area contributed by atoms with Gasteiger partial charge in [0.1, 0.15) is 17.9 Å². The normalized spacial score (nSPS) is 19.8. The molecule has 6 nitrogen and oxygen atoms in total. The molecule has 2 aromatic rings. The van der Waals surface area contributed by atoms with Crippen molar-refractivity contribution in [3.05, 3.63) is 70.5 Å². The van der Waals surface area contributed by atoms with E-state index in [0.29, 0.717) is 10.6 Å². The minimum absolute atomic E-state index is 0.355. The number of imide groups is 1. The van der Waals surface area contributed by atoms with E-state index in [1.54, 1.807) is 57.3 Å². The van der Waals surface area contributed by atoms with Gasteiger partial charge in [-0.1, -0.05) is 35.9 Å². The number of nitrogens with zero attached hydrogens (tertiary/aromatic N) is 2. The number of rotatable bonds is 5. The molecule has 0 spiro atoms. The van der Waals surface area contributed by atoms with Crippen LogP contribution >= 0.6 is 11.6 Å². The number of hydrogen-bond donors (Lipinski definition) is 1. The van der Waals surface area contributed by atoms with E-state index in [9.17, 15) is 18.8 Å². The number of carbonyl (C=O) groups is 3. The Balaban J connectivity index is 1.74. The maximum absolute atomic E-state index is 13.1. The summed E-state index contributed by atoms with van der Waals surface area (Å²) >= 11 is 5.90. The number of benzene rings is 2. The van der Waals surface area contributed by atoms with Crippen molar-refractivity contribution in [2.75, 3.05) is 13.6 Å². The van der Waals surface area contributed by atoms with E-state index in [0.717, 1.165) is 10.5 Å². The molecule has 29 heavy (non-hydrogen) atoms. The van der Waals surface area contributed by atoms with Gasteiger partial charge in [0, 0.05) is 12.1 Å². The van der Waals surface area contributed by atoms with E-state index >= 15 is 0 Å². The van der Waals surface area contributed by atoms with Crippen molar-refractivity contribution in [3.63, 3.8) is 0 Å². The molecule has 1 N–H and O–H groups in total. The number of nitrogens with one attached hydrogen (secondary N) is 1. The molecule has 8 heteroatoms. The molecule has 4 amide bonds. The van der Waals surface area contributed by atoms with Crippen LogP contribution < -0.4 is 5.32 Å². The lowest BCUT2D eigenvalue weighted by Gasteiger charge is -2.27. The zero-order chi connectivity index (χ0) is 21.3. The molecule has 1 aliphatic heterocycles. The molecule has 3 rings (SSSR count). The van der Waals surface area contributed by atoms with Gasteiger partial charge >= 0.3 is 6.03 Å². The van der Waals surface area contributed by atoms with Crippen LogP contribution in [0.5, 0.6) is 0 Å². The third-order valence-corrected chi connectivity index (χ3v) is 5.57.